The van der Waals surface area contributed by atoms with Gasteiger partial charge in [0.2, 0.25) is 5.91 Å². The van der Waals surface area contributed by atoms with Crippen molar-refractivity contribution in [1.29, 1.82) is 0 Å². The highest BCUT2D eigenvalue weighted by Crippen LogP contribution is 2.37. The van der Waals surface area contributed by atoms with Crippen molar-refractivity contribution in [2.24, 2.45) is 0 Å². The van der Waals surface area contributed by atoms with Crippen molar-refractivity contribution >= 4 is 11.8 Å². The van der Waals surface area contributed by atoms with E-state index < -0.39 is 11.2 Å². The molecule has 1 fully saturated rings. The molecule has 0 spiro atoms. The van der Waals surface area contributed by atoms with Crippen LogP contribution in [0.4, 0.5) is 4.39 Å². The van der Waals surface area contributed by atoms with Gasteiger partial charge in [-0.25, -0.2) is 4.39 Å². The fraction of sp³-hybridized carbons (Fsp3) is 0.286. The molecule has 0 atom stereocenters. The van der Waals surface area contributed by atoms with Gasteiger partial charge in [-0.3, -0.25) is 9.59 Å². The number of ether oxygens (including phenoxy) is 2. The van der Waals surface area contributed by atoms with E-state index in [0.29, 0.717) is 44.0 Å². The third-order valence-corrected chi connectivity index (χ3v) is 6.70. The summed E-state index contributed by atoms with van der Waals surface area (Å²) in [6, 6.07) is 21.1. The van der Waals surface area contributed by atoms with Gasteiger partial charge in [-0.2, -0.15) is 0 Å². The predicted molar refractivity (Wildman–Crippen MR) is 131 cm³/mol. The van der Waals surface area contributed by atoms with Crippen molar-refractivity contribution in [3.8, 4) is 11.5 Å². The maximum atomic E-state index is 14.2. The number of nitrogens with zero attached hydrogens (tertiary/aromatic N) is 1. The van der Waals surface area contributed by atoms with Crippen LogP contribution in [-0.2, 0) is 16.8 Å². The third kappa shape index (κ3) is 4.99. The molecule has 4 rings (SSSR count). The van der Waals surface area contributed by atoms with Crippen molar-refractivity contribution < 1.29 is 23.5 Å². The summed E-state index contributed by atoms with van der Waals surface area (Å²) in [5.74, 6) is 0.296. The Kier molecular flexibility index (Phi) is 7.34. The molecule has 0 aliphatic carbocycles. The van der Waals surface area contributed by atoms with Crippen molar-refractivity contribution in [2.75, 3.05) is 27.3 Å². The van der Waals surface area contributed by atoms with Gasteiger partial charge in [-0.15, -0.1) is 0 Å². The predicted octanol–water partition coefficient (Wildman–Crippen LogP) is 4.33. The second kappa shape index (κ2) is 10.6. The zero-order valence-corrected chi connectivity index (χ0v) is 19.9. The Labute approximate surface area is 204 Å². The quantitative estimate of drug-likeness (QED) is 0.551. The van der Waals surface area contributed by atoms with Crippen LogP contribution in [0.15, 0.2) is 72.8 Å². The molecular formula is C28H29FN2O4. The van der Waals surface area contributed by atoms with Crippen LogP contribution in [0.3, 0.4) is 0 Å². The summed E-state index contributed by atoms with van der Waals surface area (Å²) in [4.78, 5) is 28.2. The second-order valence-corrected chi connectivity index (χ2v) is 8.58. The number of benzene rings is 3. The number of halogens is 1. The zero-order valence-electron chi connectivity index (χ0n) is 19.9. The van der Waals surface area contributed by atoms with E-state index >= 15 is 0 Å². The average Bonchev–Trinajstić information content (AvgIpc) is 2.92. The largest absolute Gasteiger partial charge is 0.497 e. The zero-order chi connectivity index (χ0) is 24.8. The molecule has 0 bridgehead atoms. The first-order valence-corrected chi connectivity index (χ1v) is 11.6. The molecule has 35 heavy (non-hydrogen) atoms. The summed E-state index contributed by atoms with van der Waals surface area (Å²) in [6.45, 7) is 0.987. The van der Waals surface area contributed by atoms with Crippen LogP contribution in [0.1, 0.15) is 34.3 Å². The number of likely N-dealkylation sites (tertiary alicyclic amines) is 1. The highest BCUT2D eigenvalue weighted by atomic mass is 19.1. The lowest BCUT2D eigenvalue weighted by Gasteiger charge is -2.41. The van der Waals surface area contributed by atoms with Crippen molar-refractivity contribution in [3.05, 3.63) is 95.3 Å². The molecule has 1 aliphatic rings. The summed E-state index contributed by atoms with van der Waals surface area (Å²) in [6.07, 6.45) is 0.867. The standard InChI is InChI=1S/C28H29FN2O4/c1-34-22-13-12-20(25(18-22)35-2)19-30-27(33)28(21-8-4-3-5-9-21)14-16-31(17-15-28)26(32)23-10-6-7-11-24(23)29/h3-13,18H,14-17,19H2,1-2H3,(H,30,33). The Morgan fingerprint density at radius 2 is 1.63 bits per heavy atom. The van der Waals surface area contributed by atoms with E-state index in [1.54, 1.807) is 37.3 Å². The lowest BCUT2D eigenvalue weighted by atomic mass is 9.71. The van der Waals surface area contributed by atoms with E-state index in [1.165, 1.54) is 12.1 Å². The molecule has 3 aromatic rings. The second-order valence-electron chi connectivity index (χ2n) is 8.58. The van der Waals surface area contributed by atoms with E-state index in [2.05, 4.69) is 5.32 Å². The van der Waals surface area contributed by atoms with E-state index in [9.17, 15) is 14.0 Å². The van der Waals surface area contributed by atoms with Crippen LogP contribution >= 0.6 is 0 Å². The molecule has 0 radical (unpaired) electrons. The fourth-order valence-electron chi connectivity index (χ4n) is 4.64. The number of rotatable bonds is 7. The lowest BCUT2D eigenvalue weighted by molar-refractivity contribution is -0.128. The van der Waals surface area contributed by atoms with Crippen molar-refractivity contribution in [1.82, 2.24) is 10.2 Å². The molecule has 1 aliphatic heterocycles. The van der Waals surface area contributed by atoms with Crippen LogP contribution < -0.4 is 14.8 Å². The van der Waals surface area contributed by atoms with Crippen molar-refractivity contribution in [2.45, 2.75) is 24.8 Å². The van der Waals surface area contributed by atoms with E-state index in [4.69, 9.17) is 9.47 Å². The molecule has 7 heteroatoms. The molecule has 0 saturated carbocycles. The number of hydrogen-bond acceptors (Lipinski definition) is 4. The fourth-order valence-corrected chi connectivity index (χ4v) is 4.64. The maximum absolute atomic E-state index is 14.2. The number of carbonyl (C=O) groups is 2. The first-order chi connectivity index (χ1) is 17.0. The average molecular weight is 477 g/mol. The molecular weight excluding hydrogens is 447 g/mol. The van der Waals surface area contributed by atoms with Gasteiger partial charge in [0.05, 0.1) is 25.2 Å². The first kappa shape index (κ1) is 24.3. The molecule has 6 nitrogen and oxygen atoms in total. The minimum absolute atomic E-state index is 0.0516. The Balaban J connectivity index is 1.53. The lowest BCUT2D eigenvalue weighted by Crippen LogP contribution is -2.52. The number of nitrogens with one attached hydrogen (secondary N) is 1. The topological polar surface area (TPSA) is 67.9 Å². The highest BCUT2D eigenvalue weighted by molar-refractivity contribution is 5.95. The van der Waals surface area contributed by atoms with Gasteiger partial charge in [0.15, 0.2) is 0 Å². The minimum atomic E-state index is -0.799. The number of hydrogen-bond donors (Lipinski definition) is 1. The number of piperidine rings is 1. The number of methoxy groups -OCH3 is 2. The summed E-state index contributed by atoms with van der Waals surface area (Å²) >= 11 is 0. The molecule has 2 amide bonds. The van der Waals surface area contributed by atoms with Gasteiger partial charge in [-0.1, -0.05) is 42.5 Å². The highest BCUT2D eigenvalue weighted by Gasteiger charge is 2.43. The Morgan fingerprint density at radius 1 is 0.943 bits per heavy atom. The third-order valence-electron chi connectivity index (χ3n) is 6.70. The van der Waals surface area contributed by atoms with Crippen LogP contribution in [0.5, 0.6) is 11.5 Å². The molecule has 1 N–H and O–H groups in total. The van der Waals surface area contributed by atoms with Crippen LogP contribution in [0.2, 0.25) is 0 Å². The summed E-state index contributed by atoms with van der Waals surface area (Å²) in [5, 5.41) is 3.08. The van der Waals surface area contributed by atoms with E-state index in [0.717, 1.165) is 11.1 Å². The first-order valence-electron chi connectivity index (χ1n) is 11.6. The van der Waals surface area contributed by atoms with E-state index in [1.807, 2.05) is 42.5 Å². The number of amides is 2. The van der Waals surface area contributed by atoms with Gasteiger partial charge in [0, 0.05) is 31.3 Å². The molecule has 182 valence electrons. The van der Waals surface area contributed by atoms with Crippen LogP contribution in [-0.4, -0.2) is 44.0 Å². The molecule has 0 aromatic heterocycles. The SMILES string of the molecule is COc1ccc(CNC(=O)C2(c3ccccc3)CCN(C(=O)c3ccccc3F)CC2)c(OC)c1. The summed E-state index contributed by atoms with van der Waals surface area (Å²) in [5.41, 5.74) is 0.984. The van der Waals surface area contributed by atoms with Crippen LogP contribution in [0.25, 0.3) is 0 Å². The van der Waals surface area contributed by atoms with Gasteiger partial charge < -0.3 is 19.7 Å². The summed E-state index contributed by atoms with van der Waals surface area (Å²) in [7, 11) is 3.16. The Bertz CT molecular complexity index is 1190. The van der Waals surface area contributed by atoms with Gasteiger partial charge in [0.1, 0.15) is 17.3 Å². The van der Waals surface area contributed by atoms with Crippen LogP contribution in [0, 0.1) is 5.82 Å². The molecule has 0 unspecified atom stereocenters. The van der Waals surface area contributed by atoms with Gasteiger partial charge in [-0.05, 0) is 42.7 Å². The monoisotopic (exact) mass is 476 g/mol. The Hall–Kier alpha value is -3.87. The minimum Gasteiger partial charge on any atom is -0.497 e. The molecule has 3 aromatic carbocycles. The molecule has 1 heterocycles. The smallest absolute Gasteiger partial charge is 0.256 e. The summed E-state index contributed by atoms with van der Waals surface area (Å²) < 4.78 is 24.9. The normalized spacial score (nSPS) is 14.8. The number of carbonyl (C=O) groups excluding carboxylic acids is 2. The van der Waals surface area contributed by atoms with Crippen molar-refractivity contribution in [3.63, 3.8) is 0 Å². The van der Waals surface area contributed by atoms with E-state index in [-0.39, 0.29) is 17.4 Å². The Morgan fingerprint density at radius 3 is 2.29 bits per heavy atom. The van der Waals surface area contributed by atoms with Gasteiger partial charge in [0.25, 0.3) is 5.91 Å². The molecule has 1 saturated heterocycles. The van der Waals surface area contributed by atoms with Gasteiger partial charge >= 0.3 is 0 Å². The maximum Gasteiger partial charge on any atom is 0.256 e.